The van der Waals surface area contributed by atoms with Crippen molar-refractivity contribution in [2.45, 2.75) is 13.5 Å². The van der Waals surface area contributed by atoms with Crippen LogP contribution < -0.4 is 14.4 Å². The lowest BCUT2D eigenvalue weighted by Gasteiger charge is -2.31. The van der Waals surface area contributed by atoms with Gasteiger partial charge in [-0.3, -0.25) is 4.79 Å². The van der Waals surface area contributed by atoms with E-state index in [0.29, 0.717) is 30.3 Å². The number of aryl methyl sites for hydroxylation is 1. The van der Waals surface area contributed by atoms with E-state index < -0.39 is 0 Å². The SMILES string of the molecule is Cc1ccc(N2COc3ccc4c(c3C2)OC(=Cc2ccco2)C4=O)cc1. The largest absolute Gasteiger partial charge is 0.473 e. The highest BCUT2D eigenvalue weighted by Crippen LogP contribution is 2.42. The van der Waals surface area contributed by atoms with Crippen molar-refractivity contribution in [3.63, 3.8) is 0 Å². The maximum absolute atomic E-state index is 12.7. The zero-order valence-electron chi connectivity index (χ0n) is 14.8. The summed E-state index contributed by atoms with van der Waals surface area (Å²) in [7, 11) is 0. The van der Waals surface area contributed by atoms with E-state index in [0.717, 1.165) is 17.0 Å². The number of Topliss-reactive ketones (excluding diaryl/α,β-unsaturated/α-hetero) is 1. The molecule has 3 heterocycles. The molecule has 0 N–H and O–H groups in total. The first-order chi connectivity index (χ1) is 13.2. The zero-order valence-corrected chi connectivity index (χ0v) is 14.8. The Labute approximate surface area is 156 Å². The van der Waals surface area contributed by atoms with E-state index >= 15 is 0 Å². The molecule has 5 heteroatoms. The minimum atomic E-state index is -0.142. The van der Waals surface area contributed by atoms with Gasteiger partial charge in [0.15, 0.2) is 12.5 Å². The summed E-state index contributed by atoms with van der Waals surface area (Å²) >= 11 is 0. The number of benzene rings is 2. The summed E-state index contributed by atoms with van der Waals surface area (Å²) in [6.07, 6.45) is 3.18. The Bertz CT molecular complexity index is 1050. The fourth-order valence-electron chi connectivity index (χ4n) is 3.38. The van der Waals surface area contributed by atoms with E-state index in [-0.39, 0.29) is 11.5 Å². The molecule has 134 valence electrons. The molecule has 1 aromatic heterocycles. The first kappa shape index (κ1) is 15.8. The van der Waals surface area contributed by atoms with Crippen LogP contribution in [-0.4, -0.2) is 12.5 Å². The Kier molecular flexibility index (Phi) is 3.53. The molecule has 0 amide bonds. The third kappa shape index (κ3) is 2.68. The predicted molar refractivity (Wildman–Crippen MR) is 101 cm³/mol. The second kappa shape index (κ2) is 6.06. The quantitative estimate of drug-likeness (QED) is 0.628. The van der Waals surface area contributed by atoms with Gasteiger partial charge in [-0.25, -0.2) is 0 Å². The van der Waals surface area contributed by atoms with Gasteiger partial charge >= 0.3 is 0 Å². The van der Waals surface area contributed by atoms with Crippen LogP contribution in [0.4, 0.5) is 5.69 Å². The number of furan rings is 1. The number of nitrogens with zero attached hydrogens (tertiary/aromatic N) is 1. The molecular formula is C22H17NO4. The summed E-state index contributed by atoms with van der Waals surface area (Å²) in [5.41, 5.74) is 3.72. The Morgan fingerprint density at radius 3 is 2.70 bits per heavy atom. The second-order valence-electron chi connectivity index (χ2n) is 6.68. The van der Waals surface area contributed by atoms with Crippen LogP contribution >= 0.6 is 0 Å². The van der Waals surface area contributed by atoms with E-state index in [4.69, 9.17) is 13.9 Å². The van der Waals surface area contributed by atoms with Gasteiger partial charge in [-0.05, 0) is 43.3 Å². The van der Waals surface area contributed by atoms with E-state index in [1.165, 1.54) is 5.56 Å². The highest BCUT2D eigenvalue weighted by Gasteiger charge is 2.33. The van der Waals surface area contributed by atoms with Crippen molar-refractivity contribution in [1.82, 2.24) is 0 Å². The average Bonchev–Trinajstić information content (AvgIpc) is 3.31. The highest BCUT2D eigenvalue weighted by atomic mass is 16.5. The van der Waals surface area contributed by atoms with Crippen molar-refractivity contribution >= 4 is 17.5 Å². The van der Waals surface area contributed by atoms with Gasteiger partial charge in [0.05, 0.1) is 23.9 Å². The molecule has 0 saturated heterocycles. The topological polar surface area (TPSA) is 51.9 Å². The number of ketones is 1. The fourth-order valence-corrected chi connectivity index (χ4v) is 3.38. The van der Waals surface area contributed by atoms with Crippen molar-refractivity contribution in [1.29, 1.82) is 0 Å². The van der Waals surface area contributed by atoms with E-state index in [2.05, 4.69) is 36.1 Å². The number of hydrogen-bond donors (Lipinski definition) is 0. The Balaban J connectivity index is 1.50. The molecule has 0 atom stereocenters. The van der Waals surface area contributed by atoms with Crippen LogP contribution in [0.15, 0.2) is 65.0 Å². The second-order valence-corrected chi connectivity index (χ2v) is 6.68. The summed E-state index contributed by atoms with van der Waals surface area (Å²) in [5.74, 6) is 2.03. The number of ether oxygens (including phenoxy) is 2. The van der Waals surface area contributed by atoms with E-state index in [1.54, 1.807) is 30.5 Å². The maximum Gasteiger partial charge on any atom is 0.232 e. The molecule has 0 bridgehead atoms. The highest BCUT2D eigenvalue weighted by molar-refractivity contribution is 6.14. The normalized spacial score (nSPS) is 16.7. The Morgan fingerprint density at radius 2 is 1.93 bits per heavy atom. The van der Waals surface area contributed by atoms with Crippen LogP contribution in [0.3, 0.4) is 0 Å². The van der Waals surface area contributed by atoms with Crippen molar-refractivity contribution in [2.24, 2.45) is 0 Å². The zero-order chi connectivity index (χ0) is 18.4. The van der Waals surface area contributed by atoms with Gasteiger partial charge in [-0.1, -0.05) is 17.7 Å². The van der Waals surface area contributed by atoms with Crippen molar-refractivity contribution < 1.29 is 18.7 Å². The molecule has 0 unspecified atom stereocenters. The number of fused-ring (bicyclic) bond motifs is 3. The first-order valence-electron chi connectivity index (χ1n) is 8.77. The summed E-state index contributed by atoms with van der Waals surface area (Å²) in [4.78, 5) is 14.8. The monoisotopic (exact) mass is 359 g/mol. The van der Waals surface area contributed by atoms with Crippen LogP contribution in [-0.2, 0) is 6.54 Å². The fraction of sp³-hybridized carbons (Fsp3) is 0.136. The van der Waals surface area contributed by atoms with Crippen LogP contribution in [0, 0.1) is 6.92 Å². The molecular weight excluding hydrogens is 342 g/mol. The lowest BCUT2D eigenvalue weighted by atomic mass is 10.0. The lowest BCUT2D eigenvalue weighted by Crippen LogP contribution is -2.32. The molecule has 27 heavy (non-hydrogen) atoms. The summed E-state index contributed by atoms with van der Waals surface area (Å²) < 4.78 is 17.2. The summed E-state index contributed by atoms with van der Waals surface area (Å²) in [5, 5.41) is 0. The lowest BCUT2D eigenvalue weighted by molar-refractivity contribution is 0.101. The Hall–Kier alpha value is -3.47. The molecule has 0 aliphatic carbocycles. The molecule has 0 spiro atoms. The first-order valence-corrected chi connectivity index (χ1v) is 8.77. The third-order valence-electron chi connectivity index (χ3n) is 4.84. The number of anilines is 1. The smallest absolute Gasteiger partial charge is 0.232 e. The minimum Gasteiger partial charge on any atom is -0.473 e. The van der Waals surface area contributed by atoms with Crippen LogP contribution in [0.1, 0.15) is 27.2 Å². The molecule has 5 nitrogen and oxygen atoms in total. The third-order valence-corrected chi connectivity index (χ3v) is 4.84. The average molecular weight is 359 g/mol. The van der Waals surface area contributed by atoms with Gasteiger partial charge < -0.3 is 18.8 Å². The summed E-state index contributed by atoms with van der Waals surface area (Å²) in [6.45, 7) is 3.13. The molecule has 0 fully saturated rings. The van der Waals surface area contributed by atoms with E-state index in [9.17, 15) is 4.79 Å². The number of hydrogen-bond acceptors (Lipinski definition) is 5. The predicted octanol–water partition coefficient (Wildman–Crippen LogP) is 4.56. The molecule has 3 aromatic rings. The van der Waals surface area contributed by atoms with Gasteiger partial charge in [-0.15, -0.1) is 0 Å². The molecule has 2 aliphatic heterocycles. The van der Waals surface area contributed by atoms with E-state index in [1.807, 2.05) is 6.07 Å². The van der Waals surface area contributed by atoms with Gasteiger partial charge in [0, 0.05) is 11.8 Å². The molecule has 0 radical (unpaired) electrons. The molecule has 2 aliphatic rings. The van der Waals surface area contributed by atoms with Crippen LogP contribution in [0.5, 0.6) is 11.5 Å². The Morgan fingerprint density at radius 1 is 1.07 bits per heavy atom. The number of carbonyl (C=O) groups is 1. The molecule has 2 aromatic carbocycles. The molecule has 5 rings (SSSR count). The van der Waals surface area contributed by atoms with Crippen LogP contribution in [0.2, 0.25) is 0 Å². The van der Waals surface area contributed by atoms with Crippen molar-refractivity contribution in [3.8, 4) is 11.5 Å². The number of rotatable bonds is 2. The van der Waals surface area contributed by atoms with Gasteiger partial charge in [0.2, 0.25) is 5.78 Å². The van der Waals surface area contributed by atoms with Gasteiger partial charge in [0.1, 0.15) is 17.3 Å². The number of allylic oxidation sites excluding steroid dienone is 1. The summed E-state index contributed by atoms with van der Waals surface area (Å²) in [6, 6.07) is 15.5. The maximum atomic E-state index is 12.7. The van der Waals surface area contributed by atoms with Crippen LogP contribution in [0.25, 0.3) is 6.08 Å². The molecule has 0 saturated carbocycles. The van der Waals surface area contributed by atoms with Crippen molar-refractivity contribution in [3.05, 3.63) is 83.0 Å². The standard InChI is InChI=1S/C22H17NO4/c1-14-4-6-15(7-5-14)23-12-18-19(26-13-23)9-8-17-21(24)20(27-22(17)18)11-16-3-2-10-25-16/h2-11H,12-13H2,1H3. The van der Waals surface area contributed by atoms with Crippen molar-refractivity contribution in [2.75, 3.05) is 11.6 Å². The number of carbonyl (C=O) groups excluding carboxylic acids is 1. The minimum absolute atomic E-state index is 0.142. The van der Waals surface area contributed by atoms with Gasteiger partial charge in [-0.2, -0.15) is 0 Å². The van der Waals surface area contributed by atoms with Gasteiger partial charge in [0.25, 0.3) is 0 Å².